The van der Waals surface area contributed by atoms with Crippen molar-refractivity contribution in [2.45, 2.75) is 24.9 Å². The Kier molecular flexibility index (Phi) is 1.72. The van der Waals surface area contributed by atoms with Gasteiger partial charge in [-0.25, -0.2) is 0 Å². The number of aliphatic hydroxyl groups is 3. The third-order valence-corrected chi connectivity index (χ3v) is 1.30. The molecule has 3 N–H and O–H groups in total. The van der Waals surface area contributed by atoms with Gasteiger partial charge in [-0.05, 0) is 0 Å². The average Bonchev–Trinajstić information content (AvgIpc) is 1.78. The Hall–Kier alpha value is -0.160. The molecule has 0 aromatic carbocycles. The fourth-order valence-corrected chi connectivity index (χ4v) is 0.740. The molecule has 0 spiro atoms. The monoisotopic (exact) mass is 134 g/mol. The molecular weight excluding hydrogens is 124 g/mol. The average molecular weight is 134 g/mol. The highest BCUT2D eigenvalue weighted by molar-refractivity contribution is 4.68. The summed E-state index contributed by atoms with van der Waals surface area (Å²) in [6.07, 6.45) is -0.362. The molecule has 0 bridgehead atoms. The van der Waals surface area contributed by atoms with Gasteiger partial charge in [-0.15, -0.1) is 0 Å². The first kappa shape index (κ1) is 6.95. The molecule has 54 valence electrons. The molecule has 4 nitrogen and oxygen atoms in total. The fraction of sp³-hybridized carbons (Fsp3) is 1.00. The topological polar surface area (TPSA) is 69.9 Å². The molecule has 1 fully saturated rings. The molecular formula is C5H10O4. The van der Waals surface area contributed by atoms with Crippen molar-refractivity contribution in [3.8, 4) is 0 Å². The van der Waals surface area contributed by atoms with Crippen molar-refractivity contribution in [2.24, 2.45) is 0 Å². The lowest BCUT2D eigenvalue weighted by Gasteiger charge is -2.28. The Labute approximate surface area is 52.7 Å². The van der Waals surface area contributed by atoms with E-state index in [1.54, 1.807) is 0 Å². The maximum atomic E-state index is 8.81. The van der Waals surface area contributed by atoms with E-state index in [1.165, 1.54) is 0 Å². The van der Waals surface area contributed by atoms with E-state index in [1.807, 2.05) is 0 Å². The van der Waals surface area contributed by atoms with E-state index in [4.69, 9.17) is 15.3 Å². The standard InChI is InChI=1S/C5H10O4/c6-4-1-2-5(7,8)3-9-4/h4,6-8H,1-3H2. The third-order valence-electron chi connectivity index (χ3n) is 1.30. The van der Waals surface area contributed by atoms with Crippen molar-refractivity contribution < 1.29 is 20.1 Å². The van der Waals surface area contributed by atoms with Crippen molar-refractivity contribution in [3.63, 3.8) is 0 Å². The normalized spacial score (nSPS) is 34.3. The van der Waals surface area contributed by atoms with Crippen LogP contribution in [0.1, 0.15) is 12.8 Å². The minimum atomic E-state index is -1.72. The van der Waals surface area contributed by atoms with Gasteiger partial charge in [0.2, 0.25) is 0 Å². The van der Waals surface area contributed by atoms with E-state index < -0.39 is 12.1 Å². The summed E-state index contributed by atoms with van der Waals surface area (Å²) < 4.78 is 4.55. The predicted molar refractivity (Wildman–Crippen MR) is 28.4 cm³/mol. The van der Waals surface area contributed by atoms with E-state index in [9.17, 15) is 0 Å². The largest absolute Gasteiger partial charge is 0.368 e. The van der Waals surface area contributed by atoms with Gasteiger partial charge in [0.1, 0.15) is 6.61 Å². The number of hydrogen-bond acceptors (Lipinski definition) is 4. The Morgan fingerprint density at radius 3 is 2.44 bits per heavy atom. The molecule has 1 saturated heterocycles. The quantitative estimate of drug-likeness (QED) is 0.364. The minimum Gasteiger partial charge on any atom is -0.368 e. The van der Waals surface area contributed by atoms with Crippen LogP contribution in [0.25, 0.3) is 0 Å². The minimum absolute atomic E-state index is 0.175. The molecule has 1 rings (SSSR count). The highest BCUT2D eigenvalue weighted by Gasteiger charge is 2.30. The second-order valence-corrected chi connectivity index (χ2v) is 2.29. The summed E-state index contributed by atoms with van der Waals surface area (Å²) >= 11 is 0. The summed E-state index contributed by atoms with van der Waals surface area (Å²) in [4.78, 5) is 0. The Balaban J connectivity index is 2.35. The summed E-state index contributed by atoms with van der Waals surface area (Å²) in [5, 5.41) is 26.3. The summed E-state index contributed by atoms with van der Waals surface area (Å²) in [7, 11) is 0. The van der Waals surface area contributed by atoms with Crippen LogP contribution in [0, 0.1) is 0 Å². The first-order valence-corrected chi connectivity index (χ1v) is 2.85. The lowest BCUT2D eigenvalue weighted by molar-refractivity contribution is -0.269. The molecule has 0 aliphatic carbocycles. The van der Waals surface area contributed by atoms with Gasteiger partial charge in [0, 0.05) is 12.8 Å². The van der Waals surface area contributed by atoms with Gasteiger partial charge in [0.15, 0.2) is 12.1 Å². The van der Waals surface area contributed by atoms with Crippen LogP contribution >= 0.6 is 0 Å². The molecule has 0 amide bonds. The van der Waals surface area contributed by atoms with Crippen LogP contribution in [-0.2, 0) is 4.74 Å². The smallest absolute Gasteiger partial charge is 0.187 e. The lowest BCUT2D eigenvalue weighted by atomic mass is 10.1. The van der Waals surface area contributed by atoms with Gasteiger partial charge in [-0.1, -0.05) is 0 Å². The van der Waals surface area contributed by atoms with Crippen LogP contribution in [0.2, 0.25) is 0 Å². The van der Waals surface area contributed by atoms with Crippen molar-refractivity contribution in [1.29, 1.82) is 0 Å². The second kappa shape index (κ2) is 2.22. The van der Waals surface area contributed by atoms with Gasteiger partial charge in [0.05, 0.1) is 0 Å². The molecule has 1 aliphatic rings. The fourth-order valence-electron chi connectivity index (χ4n) is 0.740. The van der Waals surface area contributed by atoms with Gasteiger partial charge < -0.3 is 20.1 Å². The van der Waals surface area contributed by atoms with Crippen LogP contribution in [0.15, 0.2) is 0 Å². The zero-order chi connectivity index (χ0) is 6.91. The molecule has 0 radical (unpaired) electrons. The molecule has 0 aromatic rings. The summed E-state index contributed by atoms with van der Waals surface area (Å²) in [5.41, 5.74) is 0. The van der Waals surface area contributed by atoms with E-state index in [2.05, 4.69) is 4.74 Å². The zero-order valence-electron chi connectivity index (χ0n) is 4.95. The molecule has 4 heteroatoms. The predicted octanol–water partition coefficient (Wildman–Crippen LogP) is -1.20. The molecule has 9 heavy (non-hydrogen) atoms. The molecule has 1 unspecified atom stereocenters. The summed E-state index contributed by atoms with van der Waals surface area (Å²) in [6.45, 7) is -0.200. The van der Waals surface area contributed by atoms with E-state index in [0.29, 0.717) is 0 Å². The Morgan fingerprint density at radius 2 is 2.11 bits per heavy atom. The number of aliphatic hydroxyl groups excluding tert-OH is 1. The summed E-state index contributed by atoms with van der Waals surface area (Å²) in [6, 6.07) is 0. The molecule has 0 aromatic heterocycles. The van der Waals surface area contributed by atoms with E-state index >= 15 is 0 Å². The number of ether oxygens (including phenoxy) is 1. The van der Waals surface area contributed by atoms with Crippen LogP contribution in [0.3, 0.4) is 0 Å². The maximum Gasteiger partial charge on any atom is 0.187 e. The van der Waals surface area contributed by atoms with E-state index in [-0.39, 0.29) is 19.4 Å². The van der Waals surface area contributed by atoms with Gasteiger partial charge >= 0.3 is 0 Å². The highest BCUT2D eigenvalue weighted by Crippen LogP contribution is 2.18. The first-order chi connectivity index (χ1) is 4.10. The number of rotatable bonds is 0. The van der Waals surface area contributed by atoms with Crippen molar-refractivity contribution in [2.75, 3.05) is 6.61 Å². The molecule has 1 atom stereocenters. The van der Waals surface area contributed by atoms with Gasteiger partial charge in [-0.3, -0.25) is 0 Å². The van der Waals surface area contributed by atoms with Crippen molar-refractivity contribution in [3.05, 3.63) is 0 Å². The Bertz CT molecular complexity index is 91.1. The van der Waals surface area contributed by atoms with Crippen molar-refractivity contribution >= 4 is 0 Å². The van der Waals surface area contributed by atoms with Crippen molar-refractivity contribution in [1.82, 2.24) is 0 Å². The van der Waals surface area contributed by atoms with E-state index in [0.717, 1.165) is 0 Å². The zero-order valence-corrected chi connectivity index (χ0v) is 4.95. The van der Waals surface area contributed by atoms with Crippen LogP contribution in [0.5, 0.6) is 0 Å². The third kappa shape index (κ3) is 1.91. The van der Waals surface area contributed by atoms with Crippen LogP contribution in [-0.4, -0.2) is 34.0 Å². The van der Waals surface area contributed by atoms with Crippen LogP contribution in [0.4, 0.5) is 0 Å². The Morgan fingerprint density at radius 1 is 1.44 bits per heavy atom. The second-order valence-electron chi connectivity index (χ2n) is 2.29. The first-order valence-electron chi connectivity index (χ1n) is 2.85. The maximum absolute atomic E-state index is 8.81. The molecule has 1 aliphatic heterocycles. The summed E-state index contributed by atoms with van der Waals surface area (Å²) in [5.74, 6) is -1.72. The number of hydrogen-bond donors (Lipinski definition) is 3. The lowest BCUT2D eigenvalue weighted by Crippen LogP contribution is -2.41. The highest BCUT2D eigenvalue weighted by atomic mass is 16.6. The molecule has 0 saturated carbocycles. The molecule has 1 heterocycles. The van der Waals surface area contributed by atoms with Crippen LogP contribution < -0.4 is 0 Å². The SMILES string of the molecule is OC1CCC(O)(O)CO1. The van der Waals surface area contributed by atoms with Gasteiger partial charge in [0.25, 0.3) is 0 Å². The van der Waals surface area contributed by atoms with Gasteiger partial charge in [-0.2, -0.15) is 0 Å².